The van der Waals surface area contributed by atoms with Gasteiger partial charge in [0.05, 0.1) is 21.5 Å². The SMILES string of the molecule is Cc1nn(-c2ccc(C(=O)N3CCC(C)(CN)C3)cc2)c(C)c1Br.Cl. The lowest BCUT2D eigenvalue weighted by molar-refractivity contribution is 0.0777. The number of amides is 1. The van der Waals surface area contributed by atoms with E-state index in [0.29, 0.717) is 12.1 Å². The minimum atomic E-state index is 0. The summed E-state index contributed by atoms with van der Waals surface area (Å²) in [4.78, 5) is 14.6. The van der Waals surface area contributed by atoms with Crippen LogP contribution in [0.25, 0.3) is 5.69 Å². The molecule has 1 saturated heterocycles. The number of hydrogen-bond acceptors (Lipinski definition) is 3. The van der Waals surface area contributed by atoms with Crippen molar-refractivity contribution >= 4 is 34.2 Å². The van der Waals surface area contributed by atoms with Gasteiger partial charge in [-0.15, -0.1) is 12.4 Å². The molecular formula is C18H24BrClN4O. The predicted molar refractivity (Wildman–Crippen MR) is 106 cm³/mol. The van der Waals surface area contributed by atoms with Crippen LogP contribution in [0.1, 0.15) is 35.1 Å². The van der Waals surface area contributed by atoms with Gasteiger partial charge in [-0.1, -0.05) is 6.92 Å². The molecule has 2 N–H and O–H groups in total. The van der Waals surface area contributed by atoms with Crippen molar-refractivity contribution in [1.29, 1.82) is 0 Å². The summed E-state index contributed by atoms with van der Waals surface area (Å²) in [5, 5.41) is 4.52. The van der Waals surface area contributed by atoms with Gasteiger partial charge in [0.15, 0.2) is 0 Å². The normalized spacial score (nSPS) is 19.8. The van der Waals surface area contributed by atoms with Crippen LogP contribution in [0.3, 0.4) is 0 Å². The molecule has 1 aromatic heterocycles. The second-order valence-electron chi connectivity index (χ2n) is 6.93. The Balaban J connectivity index is 0.00000225. The molecule has 1 aliphatic rings. The van der Waals surface area contributed by atoms with E-state index < -0.39 is 0 Å². The Kier molecular flexibility index (Phi) is 5.97. The van der Waals surface area contributed by atoms with E-state index in [1.807, 2.05) is 47.7 Å². The van der Waals surface area contributed by atoms with E-state index in [1.54, 1.807) is 0 Å². The highest BCUT2D eigenvalue weighted by Gasteiger charge is 2.35. The molecule has 3 rings (SSSR count). The Morgan fingerprint density at radius 1 is 1.32 bits per heavy atom. The average molecular weight is 428 g/mol. The number of likely N-dealkylation sites (tertiary alicyclic amines) is 1. The van der Waals surface area contributed by atoms with Crippen molar-refractivity contribution in [2.24, 2.45) is 11.1 Å². The fraction of sp³-hybridized carbons (Fsp3) is 0.444. The van der Waals surface area contributed by atoms with Gasteiger partial charge in [-0.05, 0) is 72.4 Å². The van der Waals surface area contributed by atoms with Crippen LogP contribution in [0.15, 0.2) is 28.7 Å². The van der Waals surface area contributed by atoms with Gasteiger partial charge in [0.2, 0.25) is 0 Å². The van der Waals surface area contributed by atoms with Gasteiger partial charge in [0.1, 0.15) is 0 Å². The molecule has 5 nitrogen and oxygen atoms in total. The number of benzene rings is 1. The largest absolute Gasteiger partial charge is 0.338 e. The van der Waals surface area contributed by atoms with Gasteiger partial charge in [-0.2, -0.15) is 5.10 Å². The summed E-state index contributed by atoms with van der Waals surface area (Å²) < 4.78 is 2.90. The number of aromatic nitrogens is 2. The van der Waals surface area contributed by atoms with E-state index in [2.05, 4.69) is 28.0 Å². The molecule has 1 amide bonds. The van der Waals surface area contributed by atoms with Crippen molar-refractivity contribution in [2.45, 2.75) is 27.2 Å². The van der Waals surface area contributed by atoms with Crippen molar-refractivity contribution < 1.29 is 4.79 Å². The van der Waals surface area contributed by atoms with E-state index in [9.17, 15) is 4.79 Å². The minimum Gasteiger partial charge on any atom is -0.338 e. The molecule has 1 fully saturated rings. The van der Waals surface area contributed by atoms with E-state index in [-0.39, 0.29) is 23.7 Å². The topological polar surface area (TPSA) is 64.2 Å². The molecule has 0 saturated carbocycles. The highest BCUT2D eigenvalue weighted by molar-refractivity contribution is 9.10. The lowest BCUT2D eigenvalue weighted by atomic mass is 9.90. The lowest BCUT2D eigenvalue weighted by Crippen LogP contribution is -2.34. The van der Waals surface area contributed by atoms with Crippen LogP contribution in [0.5, 0.6) is 0 Å². The summed E-state index contributed by atoms with van der Waals surface area (Å²) in [6.45, 7) is 8.24. The third-order valence-corrected chi connectivity index (χ3v) is 6.05. The molecule has 0 aliphatic carbocycles. The van der Waals surface area contributed by atoms with Crippen LogP contribution in [-0.4, -0.2) is 40.2 Å². The van der Waals surface area contributed by atoms with Gasteiger partial charge in [0, 0.05) is 18.7 Å². The van der Waals surface area contributed by atoms with Crippen molar-refractivity contribution in [3.05, 3.63) is 45.7 Å². The second kappa shape index (κ2) is 7.48. The van der Waals surface area contributed by atoms with Crippen LogP contribution in [0.2, 0.25) is 0 Å². The Morgan fingerprint density at radius 2 is 1.96 bits per heavy atom. The number of rotatable bonds is 3. The Morgan fingerprint density at radius 3 is 2.44 bits per heavy atom. The monoisotopic (exact) mass is 426 g/mol. The van der Waals surface area contributed by atoms with E-state index in [1.165, 1.54) is 0 Å². The maximum atomic E-state index is 12.7. The molecule has 1 aliphatic heterocycles. The molecular weight excluding hydrogens is 404 g/mol. The van der Waals surface area contributed by atoms with Gasteiger partial charge < -0.3 is 10.6 Å². The summed E-state index contributed by atoms with van der Waals surface area (Å²) >= 11 is 3.54. The minimum absolute atomic E-state index is 0. The first-order chi connectivity index (χ1) is 11.3. The molecule has 0 spiro atoms. The highest BCUT2D eigenvalue weighted by atomic mass is 79.9. The molecule has 7 heteroatoms. The zero-order valence-electron chi connectivity index (χ0n) is 14.8. The summed E-state index contributed by atoms with van der Waals surface area (Å²) in [7, 11) is 0. The first-order valence-electron chi connectivity index (χ1n) is 8.16. The second-order valence-corrected chi connectivity index (χ2v) is 7.73. The molecule has 0 radical (unpaired) electrons. The van der Waals surface area contributed by atoms with E-state index in [0.717, 1.165) is 41.1 Å². The van der Waals surface area contributed by atoms with Crippen LogP contribution in [0.4, 0.5) is 0 Å². The van der Waals surface area contributed by atoms with Crippen molar-refractivity contribution in [3.63, 3.8) is 0 Å². The van der Waals surface area contributed by atoms with Gasteiger partial charge >= 0.3 is 0 Å². The fourth-order valence-corrected chi connectivity index (χ4v) is 3.41. The lowest BCUT2D eigenvalue weighted by Gasteiger charge is -2.22. The smallest absolute Gasteiger partial charge is 0.253 e. The van der Waals surface area contributed by atoms with Crippen LogP contribution in [0, 0.1) is 19.3 Å². The van der Waals surface area contributed by atoms with Crippen molar-refractivity contribution in [2.75, 3.05) is 19.6 Å². The van der Waals surface area contributed by atoms with Gasteiger partial charge in [0.25, 0.3) is 5.91 Å². The van der Waals surface area contributed by atoms with E-state index >= 15 is 0 Å². The maximum absolute atomic E-state index is 12.7. The van der Waals surface area contributed by atoms with Crippen LogP contribution >= 0.6 is 28.3 Å². The van der Waals surface area contributed by atoms with Gasteiger partial charge in [-0.25, -0.2) is 4.68 Å². The summed E-state index contributed by atoms with van der Waals surface area (Å²) in [5.41, 5.74) is 9.53. The summed E-state index contributed by atoms with van der Waals surface area (Å²) in [6.07, 6.45) is 0.965. The third kappa shape index (κ3) is 3.76. The highest BCUT2D eigenvalue weighted by Crippen LogP contribution is 2.29. The quantitative estimate of drug-likeness (QED) is 0.815. The van der Waals surface area contributed by atoms with Crippen LogP contribution in [-0.2, 0) is 0 Å². The average Bonchev–Trinajstić information content (AvgIpc) is 3.11. The number of aryl methyl sites for hydroxylation is 1. The fourth-order valence-electron chi connectivity index (χ4n) is 3.17. The summed E-state index contributed by atoms with van der Waals surface area (Å²) in [5.74, 6) is 0.0771. The molecule has 1 atom stereocenters. The number of halogens is 2. The molecule has 136 valence electrons. The number of nitrogens with zero attached hydrogens (tertiary/aromatic N) is 3. The maximum Gasteiger partial charge on any atom is 0.253 e. The zero-order chi connectivity index (χ0) is 17.5. The molecule has 2 aromatic rings. The third-order valence-electron chi connectivity index (χ3n) is 4.90. The molecule has 0 bridgehead atoms. The Hall–Kier alpha value is -1.37. The molecule has 1 aromatic carbocycles. The zero-order valence-corrected chi connectivity index (χ0v) is 17.2. The summed E-state index contributed by atoms with van der Waals surface area (Å²) in [6, 6.07) is 7.63. The number of carbonyl (C=O) groups is 1. The number of carbonyl (C=O) groups excluding carboxylic acids is 1. The Bertz CT molecular complexity index is 774. The Labute approximate surface area is 163 Å². The molecule has 2 heterocycles. The van der Waals surface area contributed by atoms with Crippen molar-refractivity contribution in [3.8, 4) is 5.69 Å². The first kappa shape index (κ1) is 19.9. The van der Waals surface area contributed by atoms with Gasteiger partial charge in [-0.3, -0.25) is 4.79 Å². The van der Waals surface area contributed by atoms with Crippen molar-refractivity contribution in [1.82, 2.24) is 14.7 Å². The first-order valence-corrected chi connectivity index (χ1v) is 8.95. The molecule has 1 unspecified atom stereocenters. The predicted octanol–water partition coefficient (Wildman–Crippen LogP) is 3.48. The number of nitrogens with two attached hydrogens (primary N) is 1. The standard InChI is InChI=1S/C18H23BrN4O.ClH/c1-12-16(19)13(2)23(21-12)15-6-4-14(5-7-15)17(24)22-9-8-18(3,10-20)11-22;/h4-7H,8-11,20H2,1-3H3;1H. The van der Waals surface area contributed by atoms with Crippen LogP contribution < -0.4 is 5.73 Å². The number of hydrogen-bond donors (Lipinski definition) is 1. The molecule has 25 heavy (non-hydrogen) atoms. The van der Waals surface area contributed by atoms with E-state index in [4.69, 9.17) is 5.73 Å².